The molecule has 2 saturated carbocycles. The zero-order valence-electron chi connectivity index (χ0n) is 17.4. The van der Waals surface area contributed by atoms with Crippen molar-refractivity contribution in [3.8, 4) is 0 Å². The van der Waals surface area contributed by atoms with Crippen molar-refractivity contribution in [2.24, 2.45) is 23.7 Å². The second-order valence-electron chi connectivity index (χ2n) is 9.41. The Kier molecular flexibility index (Phi) is 7.73. The highest BCUT2D eigenvalue weighted by Crippen LogP contribution is 2.45. The molecule has 1 aromatic rings. The fraction of sp³-hybridized carbons (Fsp3) is 0.760. The summed E-state index contributed by atoms with van der Waals surface area (Å²) in [6.07, 6.45) is 16.6. The minimum absolute atomic E-state index is 0.329. The van der Waals surface area contributed by atoms with Crippen LogP contribution in [0.5, 0.6) is 0 Å². The van der Waals surface area contributed by atoms with Crippen LogP contribution in [-0.2, 0) is 0 Å². The van der Waals surface area contributed by atoms with Gasteiger partial charge in [0.2, 0.25) is 0 Å². The SMILES string of the molecule is CCCCCC1CCC(C2CCC(C(C)c3ccc(F)c(F)c3)CC2)CC1. The molecule has 1 unspecified atom stereocenters. The average Bonchev–Trinajstić information content (AvgIpc) is 2.70. The number of rotatable bonds is 7. The fourth-order valence-electron chi connectivity index (χ4n) is 5.82. The number of unbranched alkanes of at least 4 members (excludes halogenated alkanes) is 2. The third-order valence-corrected chi connectivity index (χ3v) is 7.77. The van der Waals surface area contributed by atoms with Crippen molar-refractivity contribution < 1.29 is 8.78 Å². The number of halogens is 2. The molecule has 2 aliphatic rings. The van der Waals surface area contributed by atoms with Gasteiger partial charge in [-0.1, -0.05) is 58.4 Å². The summed E-state index contributed by atoms with van der Waals surface area (Å²) in [7, 11) is 0. The van der Waals surface area contributed by atoms with Crippen molar-refractivity contribution >= 4 is 0 Å². The van der Waals surface area contributed by atoms with Gasteiger partial charge in [-0.15, -0.1) is 0 Å². The molecule has 0 N–H and O–H groups in total. The Balaban J connectivity index is 1.43. The predicted molar refractivity (Wildman–Crippen MR) is 110 cm³/mol. The van der Waals surface area contributed by atoms with Crippen LogP contribution in [0, 0.1) is 35.3 Å². The summed E-state index contributed by atoms with van der Waals surface area (Å²) in [5.41, 5.74) is 0.963. The van der Waals surface area contributed by atoms with E-state index in [1.54, 1.807) is 6.07 Å². The number of benzene rings is 1. The van der Waals surface area contributed by atoms with Gasteiger partial charge in [0.15, 0.2) is 11.6 Å². The molecule has 3 rings (SSSR count). The first kappa shape index (κ1) is 20.8. The van der Waals surface area contributed by atoms with Crippen LogP contribution < -0.4 is 0 Å². The van der Waals surface area contributed by atoms with Gasteiger partial charge in [-0.05, 0) is 85.8 Å². The summed E-state index contributed by atoms with van der Waals surface area (Å²) in [4.78, 5) is 0. The standard InChI is InChI=1S/C25H38F2/c1-3-4-5-6-19-7-9-21(10-8-19)22-13-11-20(12-14-22)18(2)23-15-16-24(26)25(27)17-23/h15-22H,3-14H2,1-2H3. The maximum atomic E-state index is 13.6. The maximum Gasteiger partial charge on any atom is 0.159 e. The molecule has 152 valence electrons. The molecule has 0 bridgehead atoms. The first-order valence-electron chi connectivity index (χ1n) is 11.5. The lowest BCUT2D eigenvalue weighted by Crippen LogP contribution is -2.27. The van der Waals surface area contributed by atoms with Crippen LogP contribution in [-0.4, -0.2) is 0 Å². The lowest BCUT2D eigenvalue weighted by atomic mass is 9.66. The van der Waals surface area contributed by atoms with Crippen molar-refractivity contribution in [1.82, 2.24) is 0 Å². The predicted octanol–water partition coefficient (Wildman–Crippen LogP) is 8.26. The minimum Gasteiger partial charge on any atom is -0.204 e. The van der Waals surface area contributed by atoms with Crippen LogP contribution in [0.15, 0.2) is 18.2 Å². The van der Waals surface area contributed by atoms with E-state index in [-0.39, 0.29) is 0 Å². The van der Waals surface area contributed by atoms with Crippen LogP contribution in [0.4, 0.5) is 8.78 Å². The van der Waals surface area contributed by atoms with E-state index in [0.717, 1.165) is 23.3 Å². The lowest BCUT2D eigenvalue weighted by Gasteiger charge is -2.39. The third-order valence-electron chi connectivity index (χ3n) is 7.77. The van der Waals surface area contributed by atoms with Crippen LogP contribution in [0.3, 0.4) is 0 Å². The van der Waals surface area contributed by atoms with Gasteiger partial charge in [0.25, 0.3) is 0 Å². The van der Waals surface area contributed by atoms with Crippen LogP contribution in [0.2, 0.25) is 0 Å². The average molecular weight is 377 g/mol. The van der Waals surface area contributed by atoms with Gasteiger partial charge < -0.3 is 0 Å². The largest absolute Gasteiger partial charge is 0.204 e. The molecule has 2 fully saturated rings. The smallest absolute Gasteiger partial charge is 0.159 e. The minimum atomic E-state index is -0.736. The monoisotopic (exact) mass is 376 g/mol. The van der Waals surface area contributed by atoms with E-state index < -0.39 is 11.6 Å². The van der Waals surface area contributed by atoms with E-state index in [0.29, 0.717) is 11.8 Å². The molecule has 0 amide bonds. The highest BCUT2D eigenvalue weighted by Gasteiger charge is 2.32. The highest BCUT2D eigenvalue weighted by atomic mass is 19.2. The zero-order valence-corrected chi connectivity index (χ0v) is 17.4. The Bertz CT molecular complexity index is 566. The number of hydrogen-bond acceptors (Lipinski definition) is 0. The molecule has 0 spiro atoms. The van der Waals surface area contributed by atoms with E-state index in [4.69, 9.17) is 0 Å². The third kappa shape index (κ3) is 5.55. The molecule has 0 saturated heterocycles. The van der Waals surface area contributed by atoms with Gasteiger partial charge in [0, 0.05) is 0 Å². The van der Waals surface area contributed by atoms with E-state index in [9.17, 15) is 8.78 Å². The summed E-state index contributed by atoms with van der Waals surface area (Å²) in [6, 6.07) is 4.46. The van der Waals surface area contributed by atoms with Gasteiger partial charge in [0.05, 0.1) is 0 Å². The zero-order chi connectivity index (χ0) is 19.2. The first-order valence-corrected chi connectivity index (χ1v) is 11.5. The van der Waals surface area contributed by atoms with Gasteiger partial charge in [-0.2, -0.15) is 0 Å². The Hall–Kier alpha value is -0.920. The Labute approximate surface area is 165 Å². The first-order chi connectivity index (χ1) is 13.1. The maximum absolute atomic E-state index is 13.6. The van der Waals surface area contributed by atoms with Crippen molar-refractivity contribution in [3.05, 3.63) is 35.4 Å². The summed E-state index contributed by atoms with van der Waals surface area (Å²) in [5.74, 6) is 2.37. The van der Waals surface area contributed by atoms with Gasteiger partial charge >= 0.3 is 0 Å². The molecular weight excluding hydrogens is 338 g/mol. The van der Waals surface area contributed by atoms with E-state index in [1.807, 2.05) is 0 Å². The Morgan fingerprint density at radius 2 is 1.48 bits per heavy atom. The van der Waals surface area contributed by atoms with Crippen molar-refractivity contribution in [2.45, 2.75) is 96.8 Å². The van der Waals surface area contributed by atoms with Gasteiger partial charge in [-0.25, -0.2) is 8.78 Å². The molecule has 1 aromatic carbocycles. The molecule has 27 heavy (non-hydrogen) atoms. The highest BCUT2D eigenvalue weighted by molar-refractivity contribution is 5.22. The quantitative estimate of drug-likeness (QED) is 0.420. The molecular formula is C25H38F2. The molecule has 0 aromatic heterocycles. The fourth-order valence-corrected chi connectivity index (χ4v) is 5.82. The summed E-state index contributed by atoms with van der Waals surface area (Å²) >= 11 is 0. The van der Waals surface area contributed by atoms with E-state index >= 15 is 0 Å². The van der Waals surface area contributed by atoms with Crippen LogP contribution in [0.25, 0.3) is 0 Å². The Morgan fingerprint density at radius 3 is 2.07 bits per heavy atom. The molecule has 2 aliphatic carbocycles. The molecule has 2 heteroatoms. The van der Waals surface area contributed by atoms with E-state index in [1.165, 1.54) is 89.2 Å². The van der Waals surface area contributed by atoms with Gasteiger partial charge in [-0.3, -0.25) is 0 Å². The lowest BCUT2D eigenvalue weighted by molar-refractivity contribution is 0.136. The molecule has 0 radical (unpaired) electrons. The molecule has 0 nitrogen and oxygen atoms in total. The molecule has 1 atom stereocenters. The van der Waals surface area contributed by atoms with E-state index in [2.05, 4.69) is 13.8 Å². The summed E-state index contributed by atoms with van der Waals surface area (Å²) < 4.78 is 26.8. The van der Waals surface area contributed by atoms with Gasteiger partial charge in [0.1, 0.15) is 0 Å². The van der Waals surface area contributed by atoms with Crippen molar-refractivity contribution in [1.29, 1.82) is 0 Å². The number of hydrogen-bond donors (Lipinski definition) is 0. The second-order valence-corrected chi connectivity index (χ2v) is 9.41. The van der Waals surface area contributed by atoms with Crippen LogP contribution >= 0.6 is 0 Å². The normalized spacial score (nSPS) is 30.2. The summed E-state index contributed by atoms with van der Waals surface area (Å²) in [5, 5.41) is 0. The summed E-state index contributed by atoms with van der Waals surface area (Å²) in [6.45, 7) is 4.49. The van der Waals surface area contributed by atoms with Crippen molar-refractivity contribution in [2.75, 3.05) is 0 Å². The topological polar surface area (TPSA) is 0 Å². The Morgan fingerprint density at radius 1 is 0.852 bits per heavy atom. The second kappa shape index (κ2) is 10.0. The molecule has 0 aliphatic heterocycles. The molecule has 0 heterocycles. The van der Waals surface area contributed by atoms with Crippen LogP contribution in [0.1, 0.15) is 102 Å². The van der Waals surface area contributed by atoms with Crippen molar-refractivity contribution in [3.63, 3.8) is 0 Å².